The Morgan fingerprint density at radius 2 is 1.67 bits per heavy atom. The molecule has 6 nitrogen and oxygen atoms in total. The van der Waals surface area contributed by atoms with E-state index < -0.39 is 30.3 Å². The minimum Gasteiger partial charge on any atom is -0.451 e. The number of hydrogen-bond donors (Lipinski definition) is 2. The van der Waals surface area contributed by atoms with Gasteiger partial charge in [0, 0.05) is 5.75 Å². The first-order valence-electron chi connectivity index (χ1n) is 8.75. The Morgan fingerprint density at radius 3 is 2.22 bits per heavy atom. The van der Waals surface area contributed by atoms with Gasteiger partial charge >= 0.3 is 5.97 Å². The highest BCUT2D eigenvalue weighted by Gasteiger charge is 2.56. The molecule has 4 atom stereocenters. The van der Waals surface area contributed by atoms with Crippen molar-refractivity contribution in [3.05, 3.63) is 71.8 Å². The Morgan fingerprint density at radius 1 is 1.11 bits per heavy atom. The third-order valence-corrected chi connectivity index (χ3v) is 6.30. The topological polar surface area (TPSA) is 92.9 Å². The van der Waals surface area contributed by atoms with Crippen molar-refractivity contribution in [1.82, 2.24) is 4.90 Å². The number of ether oxygens (including phenoxy) is 1. The Labute approximate surface area is 161 Å². The van der Waals surface area contributed by atoms with Gasteiger partial charge in [-0.25, -0.2) is 4.79 Å². The summed E-state index contributed by atoms with van der Waals surface area (Å²) in [7, 11) is 0. The van der Waals surface area contributed by atoms with Gasteiger partial charge in [0.05, 0.1) is 6.10 Å². The highest BCUT2D eigenvalue weighted by Crippen LogP contribution is 2.38. The van der Waals surface area contributed by atoms with Gasteiger partial charge in [-0.15, -0.1) is 11.8 Å². The van der Waals surface area contributed by atoms with E-state index in [1.807, 2.05) is 60.7 Å². The second-order valence-corrected chi connectivity index (χ2v) is 7.80. The lowest BCUT2D eigenvalue weighted by molar-refractivity contribution is -0.172. The fraction of sp³-hybridized carbons (Fsp3) is 0.300. The van der Waals surface area contributed by atoms with Crippen LogP contribution in [0.3, 0.4) is 0 Å². The molecule has 0 saturated carbocycles. The van der Waals surface area contributed by atoms with Crippen molar-refractivity contribution in [2.45, 2.75) is 29.7 Å². The number of amides is 1. The van der Waals surface area contributed by atoms with Crippen molar-refractivity contribution in [3.63, 3.8) is 0 Å². The monoisotopic (exact) mass is 384 g/mol. The molecule has 0 radical (unpaired) electrons. The predicted octanol–water partition coefficient (Wildman–Crippen LogP) is 1.29. The maximum absolute atomic E-state index is 13.0. The summed E-state index contributed by atoms with van der Waals surface area (Å²) in [5.74, 6) is -0.613. The number of aliphatic hydroxyl groups is 1. The van der Waals surface area contributed by atoms with E-state index in [1.54, 1.807) is 0 Å². The van der Waals surface area contributed by atoms with Crippen molar-refractivity contribution in [2.24, 2.45) is 5.73 Å². The van der Waals surface area contributed by atoms with E-state index in [0.717, 1.165) is 11.1 Å². The van der Waals surface area contributed by atoms with Gasteiger partial charge in [0.25, 0.3) is 0 Å². The van der Waals surface area contributed by atoms with Crippen LogP contribution in [-0.4, -0.2) is 51.2 Å². The number of rotatable bonds is 4. The van der Waals surface area contributed by atoms with Crippen molar-refractivity contribution in [1.29, 1.82) is 0 Å². The molecule has 27 heavy (non-hydrogen) atoms. The van der Waals surface area contributed by atoms with Gasteiger partial charge in [0.1, 0.15) is 11.4 Å². The van der Waals surface area contributed by atoms with Crippen LogP contribution >= 0.6 is 11.8 Å². The van der Waals surface area contributed by atoms with Crippen molar-refractivity contribution in [2.75, 3.05) is 5.75 Å². The van der Waals surface area contributed by atoms with Crippen molar-refractivity contribution < 1.29 is 19.4 Å². The summed E-state index contributed by atoms with van der Waals surface area (Å²) in [4.78, 5) is 26.5. The van der Waals surface area contributed by atoms with Gasteiger partial charge < -0.3 is 20.5 Å². The zero-order chi connectivity index (χ0) is 19.0. The fourth-order valence-electron chi connectivity index (χ4n) is 3.50. The zero-order valence-corrected chi connectivity index (χ0v) is 15.3. The summed E-state index contributed by atoms with van der Waals surface area (Å²) in [5.41, 5.74) is 7.46. The maximum atomic E-state index is 13.0. The average molecular weight is 384 g/mol. The van der Waals surface area contributed by atoms with E-state index >= 15 is 0 Å². The van der Waals surface area contributed by atoms with Crippen molar-refractivity contribution in [3.8, 4) is 0 Å². The lowest BCUT2D eigenvalue weighted by Crippen LogP contribution is -2.75. The van der Waals surface area contributed by atoms with Crippen LogP contribution in [-0.2, 0) is 14.3 Å². The molecule has 0 aliphatic carbocycles. The number of nitrogens with two attached hydrogens (primary N) is 1. The molecule has 2 saturated heterocycles. The molecule has 0 spiro atoms. The normalized spacial score (nSPS) is 27.1. The molecule has 2 unspecified atom stereocenters. The van der Waals surface area contributed by atoms with Crippen molar-refractivity contribution >= 4 is 23.6 Å². The summed E-state index contributed by atoms with van der Waals surface area (Å²) in [6.45, 7) is 0. The molecule has 2 aliphatic rings. The molecule has 7 heteroatoms. The van der Waals surface area contributed by atoms with Crippen LogP contribution in [0.2, 0.25) is 0 Å². The minimum absolute atomic E-state index is 0.287. The van der Waals surface area contributed by atoms with Crippen LogP contribution in [0.4, 0.5) is 0 Å². The van der Waals surface area contributed by atoms with Gasteiger partial charge in [-0.3, -0.25) is 4.79 Å². The molecule has 140 valence electrons. The van der Waals surface area contributed by atoms with Gasteiger partial charge in [0.2, 0.25) is 5.91 Å². The fourth-order valence-corrected chi connectivity index (χ4v) is 4.80. The maximum Gasteiger partial charge on any atom is 0.332 e. The number of carbonyl (C=O) groups excluding carboxylic acids is 2. The molecule has 2 aliphatic heterocycles. The molecular formula is C20H20N2O4S. The van der Waals surface area contributed by atoms with Gasteiger partial charge in [-0.05, 0) is 11.1 Å². The molecule has 2 aromatic carbocycles. The van der Waals surface area contributed by atoms with Crippen LogP contribution in [0.1, 0.15) is 17.2 Å². The third kappa shape index (κ3) is 3.22. The number of fused-ring (bicyclic) bond motifs is 1. The van der Waals surface area contributed by atoms with Gasteiger partial charge in [0.15, 0.2) is 12.1 Å². The third-order valence-electron chi connectivity index (χ3n) is 4.90. The number of nitrogens with zero attached hydrogens (tertiary/aromatic N) is 1. The second-order valence-electron chi connectivity index (χ2n) is 6.65. The molecule has 1 amide bonds. The summed E-state index contributed by atoms with van der Waals surface area (Å²) in [6, 6.07) is 17.1. The molecule has 4 rings (SSSR count). The number of esters is 1. The number of β-lactam (4-membered cyclic amide) rings is 1. The first-order chi connectivity index (χ1) is 13.1. The number of benzene rings is 2. The molecule has 2 fully saturated rings. The number of aliphatic hydroxyl groups excluding tert-OH is 1. The quantitative estimate of drug-likeness (QED) is 0.610. The van der Waals surface area contributed by atoms with E-state index in [1.165, 1.54) is 16.7 Å². The zero-order valence-electron chi connectivity index (χ0n) is 14.5. The first-order valence-corrected chi connectivity index (χ1v) is 9.80. The second kappa shape index (κ2) is 7.34. The smallest absolute Gasteiger partial charge is 0.332 e. The minimum atomic E-state index is -1.03. The Kier molecular flexibility index (Phi) is 4.90. The summed E-state index contributed by atoms with van der Waals surface area (Å²) < 4.78 is 5.83. The number of carbonyl (C=O) groups is 2. The standard InChI is InChI=1S/C20H20N2O4S/c21-15-18(24)22-16(14(23)11-27-19(15)22)20(25)26-17(12-7-3-1-4-8-12)13-9-5-2-6-10-13/h1-10,14-17,19,23H,11,21H2/t14?,15-,16?,19-/m1/s1. The van der Waals surface area contributed by atoms with Gasteiger partial charge in [-0.2, -0.15) is 0 Å². The molecule has 0 aromatic heterocycles. The Bertz CT molecular complexity index is 793. The number of hydrogen-bond acceptors (Lipinski definition) is 6. The molecule has 2 aromatic rings. The van der Waals surface area contributed by atoms with Crippen LogP contribution < -0.4 is 5.73 Å². The van der Waals surface area contributed by atoms with Crippen LogP contribution in [0.5, 0.6) is 0 Å². The number of thioether (sulfide) groups is 1. The van der Waals surface area contributed by atoms with E-state index in [2.05, 4.69) is 0 Å². The van der Waals surface area contributed by atoms with Crippen LogP contribution in [0, 0.1) is 0 Å². The first kappa shape index (κ1) is 18.0. The largest absolute Gasteiger partial charge is 0.451 e. The summed E-state index contributed by atoms with van der Waals surface area (Å²) >= 11 is 1.39. The Hall–Kier alpha value is -2.35. The predicted molar refractivity (Wildman–Crippen MR) is 102 cm³/mol. The van der Waals surface area contributed by atoms with E-state index in [0.29, 0.717) is 5.75 Å². The summed E-state index contributed by atoms with van der Waals surface area (Å²) in [5, 5.41) is 10.1. The average Bonchev–Trinajstić information content (AvgIpc) is 2.72. The van der Waals surface area contributed by atoms with Crippen LogP contribution in [0.15, 0.2) is 60.7 Å². The van der Waals surface area contributed by atoms with E-state index in [4.69, 9.17) is 10.5 Å². The lowest BCUT2D eigenvalue weighted by atomic mass is 9.99. The lowest BCUT2D eigenvalue weighted by Gasteiger charge is -2.52. The SMILES string of the molecule is N[C@@H]1C(=O)N2C(C(=O)OC(c3ccccc3)c3ccccc3)C(O)CS[C@H]12. The molecule has 2 heterocycles. The van der Waals surface area contributed by atoms with E-state index in [9.17, 15) is 14.7 Å². The van der Waals surface area contributed by atoms with E-state index in [-0.39, 0.29) is 11.3 Å². The Balaban J connectivity index is 1.61. The molecular weight excluding hydrogens is 364 g/mol. The van der Waals surface area contributed by atoms with Crippen LogP contribution in [0.25, 0.3) is 0 Å². The molecule has 0 bridgehead atoms. The van der Waals surface area contributed by atoms with Gasteiger partial charge in [-0.1, -0.05) is 60.7 Å². The highest BCUT2D eigenvalue weighted by atomic mass is 32.2. The molecule has 3 N–H and O–H groups in total. The summed E-state index contributed by atoms with van der Waals surface area (Å²) in [6.07, 6.45) is -1.60. The highest BCUT2D eigenvalue weighted by molar-refractivity contribution is 8.00.